The van der Waals surface area contributed by atoms with E-state index in [9.17, 15) is 9.59 Å². The molecule has 4 nitrogen and oxygen atoms in total. The van der Waals surface area contributed by atoms with Crippen LogP contribution < -0.4 is 5.32 Å². The van der Waals surface area contributed by atoms with Gasteiger partial charge in [0.2, 0.25) is 0 Å². The zero-order valence-corrected chi connectivity index (χ0v) is 8.87. The Balaban J connectivity index is 2.72. The lowest BCUT2D eigenvalue weighted by Gasteiger charge is -2.30. The van der Waals surface area contributed by atoms with Crippen molar-refractivity contribution in [3.05, 3.63) is 0 Å². The normalized spacial score (nSPS) is 32.8. The molecule has 4 heteroatoms. The molecule has 1 aliphatic heterocycles. The van der Waals surface area contributed by atoms with Gasteiger partial charge in [0.25, 0.3) is 0 Å². The van der Waals surface area contributed by atoms with E-state index in [1.807, 2.05) is 13.8 Å². The standard InChI is InChI=1S/C10H17NO3/c1-4-14-10(13)8-7(3)11-5-6(2)9(8)12/h6-8,11H,4-5H2,1-3H3. The highest BCUT2D eigenvalue weighted by Crippen LogP contribution is 2.18. The summed E-state index contributed by atoms with van der Waals surface area (Å²) < 4.78 is 4.87. The Morgan fingerprint density at radius 3 is 2.79 bits per heavy atom. The second kappa shape index (κ2) is 4.55. The Morgan fingerprint density at radius 2 is 2.21 bits per heavy atom. The fourth-order valence-corrected chi connectivity index (χ4v) is 1.69. The first-order chi connectivity index (χ1) is 6.57. The van der Waals surface area contributed by atoms with Crippen molar-refractivity contribution >= 4 is 11.8 Å². The van der Waals surface area contributed by atoms with Crippen LogP contribution in [-0.4, -0.2) is 30.9 Å². The Bertz CT molecular complexity index is 240. The van der Waals surface area contributed by atoms with Gasteiger partial charge in [0.1, 0.15) is 5.92 Å². The molecule has 0 aliphatic carbocycles. The van der Waals surface area contributed by atoms with Crippen molar-refractivity contribution in [3.63, 3.8) is 0 Å². The molecule has 0 radical (unpaired) electrons. The Hall–Kier alpha value is -0.900. The highest BCUT2D eigenvalue weighted by molar-refractivity contribution is 6.01. The van der Waals surface area contributed by atoms with Gasteiger partial charge in [-0.1, -0.05) is 6.92 Å². The predicted octanol–water partition coefficient (Wildman–Crippen LogP) is 0.363. The summed E-state index contributed by atoms with van der Waals surface area (Å²) in [6, 6.07) is -0.113. The first-order valence-electron chi connectivity index (χ1n) is 5.01. The topological polar surface area (TPSA) is 55.4 Å². The van der Waals surface area contributed by atoms with E-state index in [-0.39, 0.29) is 17.7 Å². The number of hydrogen-bond donors (Lipinski definition) is 1. The van der Waals surface area contributed by atoms with Crippen molar-refractivity contribution in [1.29, 1.82) is 0 Å². The zero-order valence-electron chi connectivity index (χ0n) is 8.87. The number of Topliss-reactive ketones (excluding diaryl/α,β-unsaturated/α-hetero) is 1. The highest BCUT2D eigenvalue weighted by Gasteiger charge is 2.39. The van der Waals surface area contributed by atoms with E-state index in [1.54, 1.807) is 6.92 Å². The van der Waals surface area contributed by atoms with Crippen LogP contribution in [0.2, 0.25) is 0 Å². The third kappa shape index (κ3) is 2.12. The Kier molecular flexibility index (Phi) is 3.63. The third-order valence-corrected chi connectivity index (χ3v) is 2.58. The molecule has 1 saturated heterocycles. The summed E-state index contributed by atoms with van der Waals surface area (Å²) in [6.45, 7) is 6.38. The number of piperidine rings is 1. The van der Waals surface area contributed by atoms with Gasteiger partial charge in [0, 0.05) is 18.5 Å². The van der Waals surface area contributed by atoms with Crippen molar-refractivity contribution in [1.82, 2.24) is 5.32 Å². The van der Waals surface area contributed by atoms with Gasteiger partial charge in [-0.3, -0.25) is 9.59 Å². The second-order valence-corrected chi connectivity index (χ2v) is 3.73. The fraction of sp³-hybridized carbons (Fsp3) is 0.800. The fourth-order valence-electron chi connectivity index (χ4n) is 1.69. The van der Waals surface area contributed by atoms with Gasteiger partial charge < -0.3 is 10.1 Å². The lowest BCUT2D eigenvalue weighted by Crippen LogP contribution is -2.52. The minimum Gasteiger partial charge on any atom is -0.465 e. The van der Waals surface area contributed by atoms with Gasteiger partial charge in [0.15, 0.2) is 5.78 Å². The maximum Gasteiger partial charge on any atom is 0.318 e. The van der Waals surface area contributed by atoms with E-state index in [2.05, 4.69) is 5.32 Å². The molecule has 1 fully saturated rings. The van der Waals surface area contributed by atoms with Gasteiger partial charge in [-0.25, -0.2) is 0 Å². The quantitative estimate of drug-likeness (QED) is 0.515. The number of esters is 1. The first-order valence-corrected chi connectivity index (χ1v) is 5.01. The molecule has 80 valence electrons. The van der Waals surface area contributed by atoms with Crippen molar-refractivity contribution < 1.29 is 14.3 Å². The molecule has 0 amide bonds. The number of ketones is 1. The molecular weight excluding hydrogens is 182 g/mol. The molecule has 0 aromatic carbocycles. The van der Waals surface area contributed by atoms with Crippen molar-refractivity contribution in [2.24, 2.45) is 11.8 Å². The van der Waals surface area contributed by atoms with Crippen molar-refractivity contribution in [2.45, 2.75) is 26.8 Å². The van der Waals surface area contributed by atoms with Crippen molar-refractivity contribution in [2.75, 3.05) is 13.2 Å². The zero-order chi connectivity index (χ0) is 10.7. The molecule has 14 heavy (non-hydrogen) atoms. The van der Waals surface area contributed by atoms with E-state index in [0.29, 0.717) is 13.2 Å². The van der Waals surface area contributed by atoms with E-state index >= 15 is 0 Å². The smallest absolute Gasteiger partial charge is 0.318 e. The van der Waals surface area contributed by atoms with Crippen molar-refractivity contribution in [3.8, 4) is 0 Å². The first kappa shape index (κ1) is 11.2. The van der Waals surface area contributed by atoms with Crippen LogP contribution in [0.15, 0.2) is 0 Å². The molecule has 0 bridgehead atoms. The molecule has 3 unspecified atom stereocenters. The predicted molar refractivity (Wildman–Crippen MR) is 51.8 cm³/mol. The Morgan fingerprint density at radius 1 is 1.57 bits per heavy atom. The van der Waals surface area contributed by atoms with Crippen LogP contribution in [0.4, 0.5) is 0 Å². The minimum atomic E-state index is -0.626. The Labute approximate surface area is 84.0 Å². The summed E-state index contributed by atoms with van der Waals surface area (Å²) in [5.41, 5.74) is 0. The summed E-state index contributed by atoms with van der Waals surface area (Å²) >= 11 is 0. The van der Waals surface area contributed by atoms with Crippen LogP contribution in [0.25, 0.3) is 0 Å². The third-order valence-electron chi connectivity index (χ3n) is 2.58. The van der Waals surface area contributed by atoms with E-state index < -0.39 is 11.9 Å². The number of rotatable bonds is 2. The van der Waals surface area contributed by atoms with E-state index in [1.165, 1.54) is 0 Å². The van der Waals surface area contributed by atoms with Crippen LogP contribution in [0.1, 0.15) is 20.8 Å². The monoisotopic (exact) mass is 199 g/mol. The number of ether oxygens (including phenoxy) is 1. The van der Waals surface area contributed by atoms with Crippen LogP contribution in [0.5, 0.6) is 0 Å². The molecule has 1 N–H and O–H groups in total. The lowest BCUT2D eigenvalue weighted by molar-refractivity contribution is -0.154. The van der Waals surface area contributed by atoms with Gasteiger partial charge in [-0.2, -0.15) is 0 Å². The van der Waals surface area contributed by atoms with Gasteiger partial charge in [-0.15, -0.1) is 0 Å². The molecule has 0 aromatic rings. The summed E-state index contributed by atoms with van der Waals surface area (Å²) in [6.07, 6.45) is 0. The van der Waals surface area contributed by atoms with Gasteiger partial charge in [0.05, 0.1) is 6.61 Å². The second-order valence-electron chi connectivity index (χ2n) is 3.73. The molecule has 0 aromatic heterocycles. The van der Waals surface area contributed by atoms with Crippen LogP contribution in [-0.2, 0) is 14.3 Å². The largest absolute Gasteiger partial charge is 0.465 e. The average Bonchev–Trinajstić information content (AvgIpc) is 2.13. The van der Waals surface area contributed by atoms with Crippen LogP contribution in [0.3, 0.4) is 0 Å². The number of hydrogen-bond acceptors (Lipinski definition) is 4. The number of nitrogens with one attached hydrogen (secondary N) is 1. The lowest BCUT2D eigenvalue weighted by atomic mass is 9.85. The maximum absolute atomic E-state index is 11.7. The molecule has 0 spiro atoms. The molecule has 1 heterocycles. The summed E-state index contributed by atoms with van der Waals surface area (Å²) in [4.78, 5) is 23.2. The number of carbonyl (C=O) groups excluding carboxylic acids is 2. The highest BCUT2D eigenvalue weighted by atomic mass is 16.5. The summed E-state index contributed by atoms with van der Waals surface area (Å²) in [7, 11) is 0. The molecule has 0 saturated carbocycles. The van der Waals surface area contributed by atoms with E-state index in [0.717, 1.165) is 0 Å². The maximum atomic E-state index is 11.7. The minimum absolute atomic E-state index is 0.00491. The average molecular weight is 199 g/mol. The van der Waals surface area contributed by atoms with Gasteiger partial charge in [-0.05, 0) is 13.8 Å². The number of carbonyl (C=O) groups is 2. The summed E-state index contributed by atoms with van der Waals surface area (Å²) in [5, 5.41) is 3.13. The molecular formula is C10H17NO3. The summed E-state index contributed by atoms with van der Waals surface area (Å²) in [5.74, 6) is -1.13. The van der Waals surface area contributed by atoms with E-state index in [4.69, 9.17) is 4.74 Å². The molecule has 3 atom stereocenters. The van der Waals surface area contributed by atoms with Crippen LogP contribution in [0, 0.1) is 11.8 Å². The van der Waals surface area contributed by atoms with Crippen LogP contribution >= 0.6 is 0 Å². The molecule has 1 aliphatic rings. The molecule has 1 rings (SSSR count). The van der Waals surface area contributed by atoms with Gasteiger partial charge >= 0.3 is 5.97 Å². The SMILES string of the molecule is CCOC(=O)C1C(=O)C(C)CNC1C.